The van der Waals surface area contributed by atoms with E-state index in [4.69, 9.17) is 47.4 Å². The van der Waals surface area contributed by atoms with Crippen LogP contribution in [-0.2, 0) is 61.8 Å². The maximum Gasteiger partial charge on any atom is 0.408 e. The van der Waals surface area contributed by atoms with Crippen LogP contribution in [0.4, 0.5) is 24.0 Å². The molecule has 0 aromatic heterocycles. The van der Waals surface area contributed by atoms with Crippen LogP contribution in [-0.4, -0.2) is 168 Å². The third-order valence-electron chi connectivity index (χ3n) is 11.6. The smallest absolute Gasteiger partial charge is 0.408 e. The van der Waals surface area contributed by atoms with E-state index in [2.05, 4.69) is 31.9 Å². The van der Waals surface area contributed by atoms with Crippen molar-refractivity contribution >= 4 is 48.6 Å². The minimum atomic E-state index is -1.84. The lowest BCUT2D eigenvalue weighted by molar-refractivity contribution is -0.304. The first-order valence-corrected chi connectivity index (χ1v) is 26.4. The average molecular weight is 1100 g/mol. The number of ether oxygens (including phenoxy) is 10. The Kier molecular flexibility index (Phi) is 23.6. The molecule has 2 heterocycles. The van der Waals surface area contributed by atoms with Crippen molar-refractivity contribution in [2.75, 3.05) is 13.1 Å². The Bertz CT molecular complexity index is 2010. The van der Waals surface area contributed by atoms with Gasteiger partial charge in [0, 0.05) is 38.3 Å². The highest BCUT2D eigenvalue weighted by Gasteiger charge is 2.54. The van der Waals surface area contributed by atoms with Gasteiger partial charge in [-0.3, -0.25) is 9.59 Å². The van der Waals surface area contributed by atoms with Gasteiger partial charge in [0.25, 0.3) is 0 Å². The van der Waals surface area contributed by atoms with E-state index in [1.54, 1.807) is 118 Å². The van der Waals surface area contributed by atoms with Crippen LogP contribution in [0, 0.1) is 11.8 Å². The molecular formula is C52H90N6O19. The molecule has 7 N–H and O–H groups in total. The highest BCUT2D eigenvalue weighted by molar-refractivity contribution is 5.79. The van der Waals surface area contributed by atoms with Gasteiger partial charge in [-0.1, -0.05) is 13.8 Å². The molecule has 1 aliphatic carbocycles. The normalized spacial score (nSPS) is 28.5. The Labute approximate surface area is 453 Å². The van der Waals surface area contributed by atoms with E-state index in [1.165, 1.54) is 0 Å². The van der Waals surface area contributed by atoms with E-state index in [9.17, 15) is 43.5 Å². The summed E-state index contributed by atoms with van der Waals surface area (Å²) < 4.78 is 59.6. The highest BCUT2D eigenvalue weighted by Crippen LogP contribution is 2.36. The number of aliphatic hydroxyl groups is 1. The minimum absolute atomic E-state index is 0.0463. The van der Waals surface area contributed by atoms with Crippen molar-refractivity contribution in [1.82, 2.24) is 31.9 Å². The van der Waals surface area contributed by atoms with E-state index in [-0.39, 0.29) is 38.8 Å². The summed E-state index contributed by atoms with van der Waals surface area (Å²) in [4.78, 5) is 105. The van der Waals surface area contributed by atoms with E-state index >= 15 is 0 Å². The molecule has 25 nitrogen and oxygen atoms in total. The van der Waals surface area contributed by atoms with Crippen LogP contribution in [0.25, 0.3) is 0 Å². The van der Waals surface area contributed by atoms with Gasteiger partial charge in [0.15, 0.2) is 12.6 Å². The van der Waals surface area contributed by atoms with Crippen molar-refractivity contribution < 1.29 is 90.8 Å². The monoisotopic (exact) mass is 1100 g/mol. The van der Waals surface area contributed by atoms with Crippen molar-refractivity contribution in [1.29, 1.82) is 0 Å². The number of alkyl carbamates (subject to hydrolysis) is 5. The van der Waals surface area contributed by atoms with E-state index in [0.717, 1.165) is 6.92 Å². The molecule has 0 radical (unpaired) electrons. The molecule has 2 saturated heterocycles. The fourth-order valence-corrected chi connectivity index (χ4v) is 8.52. The number of hydrogen-bond donors (Lipinski definition) is 7. The first-order valence-electron chi connectivity index (χ1n) is 26.4. The van der Waals surface area contributed by atoms with Gasteiger partial charge in [-0.2, -0.15) is 0 Å². The zero-order valence-corrected chi connectivity index (χ0v) is 48.4. The molecular weight excluding hydrogens is 1010 g/mol. The summed E-state index contributed by atoms with van der Waals surface area (Å²) in [5, 5.41) is 29.5. The molecule has 6 unspecified atom stereocenters. The van der Waals surface area contributed by atoms with Crippen LogP contribution in [0.1, 0.15) is 157 Å². The Hall–Kier alpha value is -5.24. The lowest BCUT2D eigenvalue weighted by atomic mass is 9.82. The number of carbonyl (C=O) groups is 8. The van der Waals surface area contributed by atoms with Crippen LogP contribution in [0.3, 0.4) is 0 Å². The van der Waals surface area contributed by atoms with Crippen molar-refractivity contribution in [3.63, 3.8) is 0 Å². The number of nitrogens with one attached hydrogen (secondary N) is 6. The Morgan fingerprint density at radius 1 is 0.597 bits per heavy atom. The minimum Gasteiger partial charge on any atom is -0.458 e. The van der Waals surface area contributed by atoms with Gasteiger partial charge in [-0.05, 0) is 130 Å². The summed E-state index contributed by atoms with van der Waals surface area (Å²) >= 11 is 0. The summed E-state index contributed by atoms with van der Waals surface area (Å²) in [6, 6.07) is -4.50. The largest absolute Gasteiger partial charge is 0.458 e. The quantitative estimate of drug-likeness (QED) is 0.0563. The molecule has 0 aromatic carbocycles. The zero-order valence-electron chi connectivity index (χ0n) is 48.4. The van der Waals surface area contributed by atoms with Gasteiger partial charge in [-0.25, -0.2) is 24.0 Å². The van der Waals surface area contributed by atoms with Crippen LogP contribution in [0.15, 0.2) is 0 Å². The molecule has 77 heavy (non-hydrogen) atoms. The number of hydrogen-bond acceptors (Lipinski definition) is 19. The molecule has 2 aliphatic heterocycles. The molecule has 0 spiro atoms. The Balaban J connectivity index is 2.19. The predicted octanol–water partition coefficient (Wildman–Crippen LogP) is 5.15. The van der Waals surface area contributed by atoms with Crippen molar-refractivity contribution in [2.45, 2.75) is 258 Å². The Morgan fingerprint density at radius 2 is 1.05 bits per heavy atom. The lowest BCUT2D eigenvalue weighted by Crippen LogP contribution is -2.69. The van der Waals surface area contributed by atoms with Gasteiger partial charge in [0.05, 0.1) is 30.3 Å². The highest BCUT2D eigenvalue weighted by atomic mass is 16.7. The molecule has 14 atom stereocenters. The summed E-state index contributed by atoms with van der Waals surface area (Å²) in [6.07, 6.45) is -14.3. The SMILES string of the molecule is CC(=O)O[C@@H]1C(CC=O)O[C@H](O[C@@H]2C(O)C(O[C@H]3OC(CNC(=O)OC(C)(C)C)CCC3NC(=O)OC(C)(C)C)[C@@H](NC(=O)OC(C)(C)C)C[C@H]2NC(=O)[C@@H](C)CCNC(=O)OC(C)(C)C)C(C)[C@H]1NC(=O)OC(C)(C)C. The van der Waals surface area contributed by atoms with Crippen molar-refractivity contribution in [2.24, 2.45) is 11.8 Å². The fraction of sp³-hybridized carbons (Fsp3) is 0.846. The zero-order chi connectivity index (χ0) is 58.6. The van der Waals surface area contributed by atoms with Crippen LogP contribution < -0.4 is 31.9 Å². The number of aldehydes is 1. The number of rotatable bonds is 17. The fourth-order valence-electron chi connectivity index (χ4n) is 8.52. The summed E-state index contributed by atoms with van der Waals surface area (Å²) in [7, 11) is 0. The summed E-state index contributed by atoms with van der Waals surface area (Å²) in [5.74, 6) is -3.01. The van der Waals surface area contributed by atoms with E-state index in [0.29, 0.717) is 12.7 Å². The van der Waals surface area contributed by atoms with Gasteiger partial charge in [0.2, 0.25) is 5.91 Å². The van der Waals surface area contributed by atoms with Gasteiger partial charge < -0.3 is 89.2 Å². The predicted molar refractivity (Wildman–Crippen MR) is 276 cm³/mol. The van der Waals surface area contributed by atoms with Crippen LogP contribution in [0.5, 0.6) is 0 Å². The summed E-state index contributed by atoms with van der Waals surface area (Å²) in [6.45, 7) is 29.6. The molecule has 442 valence electrons. The maximum absolute atomic E-state index is 14.3. The standard InChI is InChI=1S/C52H90N6O19/c1-27(21-23-53-43(63)73-48(4,5)6)40(62)55-32-25-33(57-46(66)76-51(13,14)15)38(72-42-31(56-45(65)75-50(10,11)12)20-19-30(69-42)26-54-44(64)74-49(7,8)9)36(61)37(32)71-41-28(2)35(58-47(67)77-52(16,17)18)39(68-29(3)60)34(70-41)22-24-59/h24,27-28,30-39,41-42,61H,19-23,25-26H2,1-18H3,(H,53,63)(H,54,64)(H,55,62)(H,56,65)(H,57,66)(H,58,67)/t27-,28?,30?,31?,32+,33-,34?,35+,36?,37-,38?,39+,41+,42+/m0/s1. The third-order valence-corrected chi connectivity index (χ3v) is 11.6. The van der Waals surface area contributed by atoms with Gasteiger partial charge in [0.1, 0.15) is 64.8 Å². The maximum atomic E-state index is 14.3. The number of amides is 6. The van der Waals surface area contributed by atoms with Crippen molar-refractivity contribution in [3.05, 3.63) is 0 Å². The molecule has 25 heteroatoms. The molecule has 1 saturated carbocycles. The van der Waals surface area contributed by atoms with Crippen molar-refractivity contribution in [3.8, 4) is 0 Å². The molecule has 3 rings (SSSR count). The number of aliphatic hydroxyl groups excluding tert-OH is 1. The first-order chi connectivity index (χ1) is 35.2. The summed E-state index contributed by atoms with van der Waals surface area (Å²) in [5.41, 5.74) is -4.43. The molecule has 3 aliphatic rings. The lowest BCUT2D eigenvalue weighted by Gasteiger charge is -2.50. The van der Waals surface area contributed by atoms with E-state index in [1.807, 2.05) is 0 Å². The third kappa shape index (κ3) is 23.7. The van der Waals surface area contributed by atoms with Crippen LogP contribution in [0.2, 0.25) is 0 Å². The second-order valence-electron chi connectivity index (χ2n) is 24.8. The van der Waals surface area contributed by atoms with Gasteiger partial charge in [-0.15, -0.1) is 0 Å². The van der Waals surface area contributed by atoms with E-state index < -0.39 is 156 Å². The first kappa shape index (κ1) is 66.0. The van der Waals surface area contributed by atoms with Crippen LogP contribution >= 0.6 is 0 Å². The second-order valence-corrected chi connectivity index (χ2v) is 24.8. The number of carbonyl (C=O) groups excluding carboxylic acids is 8. The molecule has 0 aromatic rings. The second kappa shape index (κ2) is 27.6. The van der Waals surface area contributed by atoms with Gasteiger partial charge >= 0.3 is 36.4 Å². The topological polar surface area (TPSA) is 321 Å². The number of esters is 1. The molecule has 6 amide bonds. The average Bonchev–Trinajstić information content (AvgIpc) is 3.22. The Morgan fingerprint density at radius 3 is 1.55 bits per heavy atom. The molecule has 0 bridgehead atoms. The molecule has 3 fully saturated rings.